The number of fused-ring (bicyclic) bond motifs is 1. The number of hydrogen-bond donors (Lipinski definition) is 0. The second kappa shape index (κ2) is 4.24. The summed E-state index contributed by atoms with van der Waals surface area (Å²) in [6, 6.07) is 5.87. The number of Topliss-reactive ketones (excluding diaryl/α,β-unsaturated/α-hetero) is 1. The topological polar surface area (TPSA) is 35.5 Å². The van der Waals surface area contributed by atoms with E-state index in [1.807, 2.05) is 18.2 Å². The number of rotatable bonds is 2. The van der Waals surface area contributed by atoms with E-state index in [9.17, 15) is 4.79 Å². The number of hydrogen-bond acceptors (Lipinski definition) is 3. The average Bonchev–Trinajstić information content (AvgIpc) is 2.79. The van der Waals surface area contributed by atoms with Crippen LogP contribution < -0.4 is 9.47 Å². The Morgan fingerprint density at radius 3 is 2.94 bits per heavy atom. The molecule has 0 saturated heterocycles. The van der Waals surface area contributed by atoms with Gasteiger partial charge in [-0.25, -0.2) is 0 Å². The lowest BCUT2D eigenvalue weighted by Gasteiger charge is -2.11. The van der Waals surface area contributed by atoms with Crippen molar-refractivity contribution in [3.05, 3.63) is 35.4 Å². The summed E-state index contributed by atoms with van der Waals surface area (Å²) in [7, 11) is 0. The second-order valence-corrected chi connectivity index (χ2v) is 4.41. The molecule has 0 unspecified atom stereocenters. The molecule has 3 heteroatoms. The van der Waals surface area contributed by atoms with Crippen molar-refractivity contribution in [2.45, 2.75) is 25.7 Å². The van der Waals surface area contributed by atoms with E-state index in [0.717, 1.165) is 35.5 Å². The zero-order chi connectivity index (χ0) is 11.7. The molecule has 0 fully saturated rings. The third-order valence-corrected chi connectivity index (χ3v) is 3.19. The summed E-state index contributed by atoms with van der Waals surface area (Å²) in [5, 5.41) is 0. The van der Waals surface area contributed by atoms with E-state index in [2.05, 4.69) is 6.08 Å². The number of allylic oxidation sites excluding steroid dienone is 2. The molecule has 0 radical (unpaired) electrons. The molecular weight excluding hydrogens is 216 g/mol. The van der Waals surface area contributed by atoms with Crippen LogP contribution in [-0.2, 0) is 11.2 Å². The molecule has 1 aromatic rings. The quantitative estimate of drug-likeness (QED) is 0.783. The highest BCUT2D eigenvalue weighted by molar-refractivity contribution is 5.96. The summed E-state index contributed by atoms with van der Waals surface area (Å²) in [6.45, 7) is 0.292. The van der Waals surface area contributed by atoms with E-state index in [1.165, 1.54) is 0 Å². The van der Waals surface area contributed by atoms with Crippen LogP contribution in [0, 0.1) is 0 Å². The summed E-state index contributed by atoms with van der Waals surface area (Å²) >= 11 is 0. The van der Waals surface area contributed by atoms with E-state index in [4.69, 9.17) is 9.47 Å². The minimum Gasteiger partial charge on any atom is -0.454 e. The lowest BCUT2D eigenvalue weighted by molar-refractivity contribution is -0.116. The maximum atomic E-state index is 11.7. The highest BCUT2D eigenvalue weighted by atomic mass is 16.7. The van der Waals surface area contributed by atoms with Crippen LogP contribution >= 0.6 is 0 Å². The Balaban J connectivity index is 1.81. The molecule has 0 N–H and O–H groups in total. The van der Waals surface area contributed by atoms with Gasteiger partial charge in [-0.05, 0) is 36.1 Å². The first-order chi connectivity index (χ1) is 8.33. The van der Waals surface area contributed by atoms with Crippen LogP contribution in [-0.4, -0.2) is 12.6 Å². The molecule has 1 aliphatic carbocycles. The lowest BCUT2D eigenvalue weighted by Crippen LogP contribution is -2.09. The van der Waals surface area contributed by atoms with Crippen LogP contribution in [0.2, 0.25) is 0 Å². The van der Waals surface area contributed by atoms with Crippen molar-refractivity contribution in [1.82, 2.24) is 0 Å². The van der Waals surface area contributed by atoms with Crippen molar-refractivity contribution in [3.63, 3.8) is 0 Å². The van der Waals surface area contributed by atoms with Gasteiger partial charge < -0.3 is 9.47 Å². The van der Waals surface area contributed by atoms with Gasteiger partial charge in [0.2, 0.25) is 6.79 Å². The van der Waals surface area contributed by atoms with Crippen molar-refractivity contribution < 1.29 is 14.3 Å². The van der Waals surface area contributed by atoms with Gasteiger partial charge in [0.05, 0.1) is 0 Å². The standard InChI is InChI=1S/C14H14O3/c15-12-4-2-1-3-11(12)7-10-5-6-13-14(8-10)17-9-16-13/h3,5-6,8H,1-2,4,7,9H2. The normalized spacial score (nSPS) is 18.1. The van der Waals surface area contributed by atoms with Crippen molar-refractivity contribution in [1.29, 1.82) is 0 Å². The highest BCUT2D eigenvalue weighted by Gasteiger charge is 2.17. The van der Waals surface area contributed by atoms with Gasteiger partial charge in [0.1, 0.15) is 0 Å². The summed E-state index contributed by atoms with van der Waals surface area (Å²) in [5.74, 6) is 1.86. The van der Waals surface area contributed by atoms with Crippen LogP contribution in [0.15, 0.2) is 29.8 Å². The van der Waals surface area contributed by atoms with Crippen molar-refractivity contribution in [2.24, 2.45) is 0 Å². The SMILES string of the molecule is O=C1CCCC=C1Cc1ccc2c(c1)OCO2. The Bertz CT molecular complexity index is 488. The van der Waals surface area contributed by atoms with Gasteiger partial charge >= 0.3 is 0 Å². The maximum Gasteiger partial charge on any atom is 0.231 e. The predicted octanol–water partition coefficient (Wildman–Crippen LogP) is 2.64. The first-order valence-corrected chi connectivity index (χ1v) is 5.94. The van der Waals surface area contributed by atoms with Gasteiger partial charge in [-0.1, -0.05) is 12.1 Å². The van der Waals surface area contributed by atoms with Crippen molar-refractivity contribution >= 4 is 5.78 Å². The molecule has 0 amide bonds. The number of ketones is 1. The minimum atomic E-state index is 0.286. The summed E-state index contributed by atoms with van der Waals surface area (Å²) < 4.78 is 10.6. The van der Waals surface area contributed by atoms with Crippen LogP contribution in [0.25, 0.3) is 0 Å². The van der Waals surface area contributed by atoms with E-state index in [1.54, 1.807) is 0 Å². The van der Waals surface area contributed by atoms with Gasteiger partial charge in [-0.2, -0.15) is 0 Å². The number of carbonyl (C=O) groups is 1. The van der Waals surface area contributed by atoms with Crippen LogP contribution in [0.3, 0.4) is 0 Å². The molecule has 0 bridgehead atoms. The monoisotopic (exact) mass is 230 g/mol. The van der Waals surface area contributed by atoms with E-state index in [-0.39, 0.29) is 5.78 Å². The zero-order valence-electron chi connectivity index (χ0n) is 9.57. The van der Waals surface area contributed by atoms with Crippen molar-refractivity contribution in [3.8, 4) is 11.5 Å². The molecule has 3 rings (SSSR count). The Hall–Kier alpha value is -1.77. The third-order valence-electron chi connectivity index (χ3n) is 3.19. The van der Waals surface area contributed by atoms with E-state index >= 15 is 0 Å². The molecule has 1 aliphatic heterocycles. The molecule has 0 saturated carbocycles. The fraction of sp³-hybridized carbons (Fsp3) is 0.357. The Kier molecular flexibility index (Phi) is 2.59. The first kappa shape index (κ1) is 10.4. The number of ether oxygens (including phenoxy) is 2. The molecule has 2 aliphatic rings. The zero-order valence-corrected chi connectivity index (χ0v) is 9.57. The lowest BCUT2D eigenvalue weighted by atomic mass is 9.93. The summed E-state index contributed by atoms with van der Waals surface area (Å²) in [5.41, 5.74) is 2.05. The Morgan fingerprint density at radius 1 is 1.18 bits per heavy atom. The smallest absolute Gasteiger partial charge is 0.231 e. The molecule has 17 heavy (non-hydrogen) atoms. The van der Waals surface area contributed by atoms with Crippen LogP contribution in [0.1, 0.15) is 24.8 Å². The first-order valence-electron chi connectivity index (χ1n) is 5.94. The van der Waals surface area contributed by atoms with Gasteiger partial charge in [-0.15, -0.1) is 0 Å². The summed E-state index contributed by atoms with van der Waals surface area (Å²) in [6.07, 6.45) is 5.47. The Labute approximate surface area is 100 Å². The van der Waals surface area contributed by atoms with Gasteiger partial charge in [-0.3, -0.25) is 4.79 Å². The van der Waals surface area contributed by atoms with E-state index < -0.39 is 0 Å². The fourth-order valence-corrected chi connectivity index (χ4v) is 2.25. The molecular formula is C14H14O3. The van der Waals surface area contributed by atoms with Crippen LogP contribution in [0.5, 0.6) is 11.5 Å². The third kappa shape index (κ3) is 2.05. The highest BCUT2D eigenvalue weighted by Crippen LogP contribution is 2.33. The van der Waals surface area contributed by atoms with Crippen molar-refractivity contribution in [2.75, 3.05) is 6.79 Å². The largest absolute Gasteiger partial charge is 0.454 e. The average molecular weight is 230 g/mol. The molecule has 0 aromatic heterocycles. The second-order valence-electron chi connectivity index (χ2n) is 4.41. The summed E-state index contributed by atoms with van der Waals surface area (Å²) in [4.78, 5) is 11.7. The van der Waals surface area contributed by atoms with Gasteiger partial charge in [0.25, 0.3) is 0 Å². The minimum absolute atomic E-state index is 0.286. The molecule has 0 atom stereocenters. The molecule has 0 spiro atoms. The molecule has 1 aromatic carbocycles. The molecule has 3 nitrogen and oxygen atoms in total. The van der Waals surface area contributed by atoms with Gasteiger partial charge in [0, 0.05) is 12.8 Å². The molecule has 88 valence electrons. The number of carbonyl (C=O) groups excluding carboxylic acids is 1. The van der Waals surface area contributed by atoms with E-state index in [0.29, 0.717) is 19.6 Å². The van der Waals surface area contributed by atoms with Crippen LogP contribution in [0.4, 0.5) is 0 Å². The predicted molar refractivity (Wildman–Crippen MR) is 63.2 cm³/mol. The molecule has 1 heterocycles. The number of benzene rings is 1. The van der Waals surface area contributed by atoms with Gasteiger partial charge in [0.15, 0.2) is 17.3 Å². The maximum absolute atomic E-state index is 11.7. The fourth-order valence-electron chi connectivity index (χ4n) is 2.25. The Morgan fingerprint density at radius 2 is 2.06 bits per heavy atom.